The van der Waals surface area contributed by atoms with Crippen LogP contribution in [0.25, 0.3) is 11.3 Å². The predicted molar refractivity (Wildman–Crippen MR) is 97.1 cm³/mol. The number of phenolic OH excluding ortho intramolecular Hbond substituents is 2. The van der Waals surface area contributed by atoms with Gasteiger partial charge < -0.3 is 20.4 Å². The molecule has 7 nitrogen and oxygen atoms in total. The normalized spacial score (nSPS) is 20.0. The van der Waals surface area contributed by atoms with Gasteiger partial charge in [0, 0.05) is 48.9 Å². The first-order valence-corrected chi connectivity index (χ1v) is 9.20. The number of carbonyl (C=O) groups is 1. The first kappa shape index (κ1) is 17.2. The number of hydrogen-bond donors (Lipinski definition) is 4. The van der Waals surface area contributed by atoms with Crippen molar-refractivity contribution in [3.05, 3.63) is 28.4 Å². The van der Waals surface area contributed by atoms with E-state index in [9.17, 15) is 15.0 Å². The number of phenols is 2. The highest BCUT2D eigenvalue weighted by Gasteiger charge is 2.31. The zero-order valence-electron chi connectivity index (χ0n) is 14.3. The predicted octanol–water partition coefficient (Wildman–Crippen LogP) is 2.03. The van der Waals surface area contributed by atoms with Crippen molar-refractivity contribution in [2.45, 2.75) is 25.8 Å². The molecule has 0 aliphatic carbocycles. The van der Waals surface area contributed by atoms with Crippen LogP contribution in [0.4, 0.5) is 0 Å². The summed E-state index contributed by atoms with van der Waals surface area (Å²) >= 11 is 6.00. The summed E-state index contributed by atoms with van der Waals surface area (Å²) in [4.78, 5) is 14.7. The molecule has 1 amide bonds. The van der Waals surface area contributed by atoms with Gasteiger partial charge in [0.25, 0.3) is 0 Å². The first-order valence-electron chi connectivity index (χ1n) is 8.82. The number of piperidine rings is 1. The Morgan fingerprint density at radius 2 is 2.15 bits per heavy atom. The number of carbonyl (C=O) groups excluding carboxylic acids is 1. The van der Waals surface area contributed by atoms with E-state index >= 15 is 0 Å². The van der Waals surface area contributed by atoms with Crippen LogP contribution in [0.15, 0.2) is 12.1 Å². The number of halogens is 1. The van der Waals surface area contributed by atoms with Gasteiger partial charge >= 0.3 is 0 Å². The molecule has 2 aliphatic rings. The van der Waals surface area contributed by atoms with Crippen LogP contribution in [0.2, 0.25) is 5.02 Å². The second-order valence-electron chi connectivity index (χ2n) is 6.90. The van der Waals surface area contributed by atoms with Gasteiger partial charge in [-0.2, -0.15) is 5.10 Å². The molecule has 1 aromatic carbocycles. The zero-order chi connectivity index (χ0) is 18.3. The van der Waals surface area contributed by atoms with Crippen molar-refractivity contribution in [2.24, 2.45) is 5.92 Å². The van der Waals surface area contributed by atoms with E-state index < -0.39 is 0 Å². The molecule has 2 aromatic rings. The standard InChI is InChI=1S/C18H21ClN4O3/c19-13-6-11(15(24)7-16(13)25)17-12-9-23(5-3-14(12)21-22-17)18(26)10-2-1-4-20-8-10/h6-7,10,20,24-25H,1-5,8-9H2,(H,21,22). The summed E-state index contributed by atoms with van der Waals surface area (Å²) in [6, 6.07) is 2.70. The Labute approximate surface area is 156 Å². The molecule has 0 bridgehead atoms. The summed E-state index contributed by atoms with van der Waals surface area (Å²) in [5.74, 6) is -0.0832. The molecular formula is C18H21ClN4O3. The Kier molecular flexibility index (Phi) is 4.50. The van der Waals surface area contributed by atoms with E-state index in [0.29, 0.717) is 30.8 Å². The number of fused-ring (bicyclic) bond motifs is 1. The number of nitrogens with one attached hydrogen (secondary N) is 2. The quantitative estimate of drug-likeness (QED) is 0.642. The smallest absolute Gasteiger partial charge is 0.227 e. The minimum atomic E-state index is -0.182. The van der Waals surface area contributed by atoms with Crippen LogP contribution in [0, 0.1) is 5.92 Å². The average Bonchev–Trinajstić information content (AvgIpc) is 3.08. The maximum Gasteiger partial charge on any atom is 0.227 e. The second-order valence-corrected chi connectivity index (χ2v) is 7.31. The highest BCUT2D eigenvalue weighted by molar-refractivity contribution is 6.32. The summed E-state index contributed by atoms with van der Waals surface area (Å²) in [7, 11) is 0. The van der Waals surface area contributed by atoms with Crippen molar-refractivity contribution in [3.63, 3.8) is 0 Å². The molecule has 26 heavy (non-hydrogen) atoms. The van der Waals surface area contributed by atoms with Crippen LogP contribution in [-0.2, 0) is 17.8 Å². The first-order chi connectivity index (χ1) is 12.5. The molecule has 2 aliphatic heterocycles. The van der Waals surface area contributed by atoms with Crippen LogP contribution in [0.3, 0.4) is 0 Å². The molecule has 4 N–H and O–H groups in total. The molecule has 0 saturated carbocycles. The largest absolute Gasteiger partial charge is 0.507 e. The molecule has 0 spiro atoms. The van der Waals surface area contributed by atoms with Crippen molar-refractivity contribution in [1.82, 2.24) is 20.4 Å². The molecule has 1 atom stereocenters. The third-order valence-electron chi connectivity index (χ3n) is 5.21. The molecular weight excluding hydrogens is 356 g/mol. The van der Waals surface area contributed by atoms with Crippen LogP contribution in [0.1, 0.15) is 24.1 Å². The van der Waals surface area contributed by atoms with Gasteiger partial charge in [-0.05, 0) is 25.5 Å². The lowest BCUT2D eigenvalue weighted by Crippen LogP contribution is -2.44. The summed E-state index contributed by atoms with van der Waals surface area (Å²) in [5, 5.41) is 30.6. The van der Waals surface area contributed by atoms with Gasteiger partial charge in [-0.25, -0.2) is 0 Å². The van der Waals surface area contributed by atoms with Gasteiger partial charge in [0.2, 0.25) is 5.91 Å². The number of rotatable bonds is 2. The van der Waals surface area contributed by atoms with Gasteiger partial charge in [0.1, 0.15) is 17.2 Å². The van der Waals surface area contributed by atoms with Crippen LogP contribution in [0.5, 0.6) is 11.5 Å². The van der Waals surface area contributed by atoms with Crippen LogP contribution < -0.4 is 5.32 Å². The average molecular weight is 377 g/mol. The number of hydrogen-bond acceptors (Lipinski definition) is 5. The molecule has 1 aromatic heterocycles. The maximum atomic E-state index is 12.9. The fourth-order valence-corrected chi connectivity index (χ4v) is 3.93. The highest BCUT2D eigenvalue weighted by Crippen LogP contribution is 2.39. The van der Waals surface area contributed by atoms with Crippen molar-refractivity contribution in [1.29, 1.82) is 0 Å². The Hall–Kier alpha value is -2.25. The third kappa shape index (κ3) is 3.01. The molecule has 1 unspecified atom stereocenters. The van der Waals surface area contributed by atoms with Crippen molar-refractivity contribution >= 4 is 17.5 Å². The minimum absolute atomic E-state index is 0.0252. The molecule has 3 heterocycles. The summed E-state index contributed by atoms with van der Waals surface area (Å²) in [5.41, 5.74) is 2.87. The van der Waals surface area contributed by atoms with Crippen LogP contribution >= 0.6 is 11.6 Å². The SMILES string of the molecule is O=C(C1CCCNC1)N1CCc2[nH]nc(-c3cc(Cl)c(O)cc3O)c2C1. The van der Waals surface area contributed by atoms with Gasteiger partial charge in [-0.15, -0.1) is 0 Å². The number of aromatic nitrogens is 2. The summed E-state index contributed by atoms with van der Waals surface area (Å²) in [6.07, 6.45) is 2.63. The maximum absolute atomic E-state index is 12.9. The lowest BCUT2D eigenvalue weighted by Gasteiger charge is -2.32. The fourth-order valence-electron chi connectivity index (χ4n) is 3.77. The number of amides is 1. The van der Waals surface area contributed by atoms with Crippen molar-refractivity contribution < 1.29 is 15.0 Å². The van der Waals surface area contributed by atoms with E-state index in [4.69, 9.17) is 11.6 Å². The summed E-state index contributed by atoms with van der Waals surface area (Å²) in [6.45, 7) is 2.82. The molecule has 1 saturated heterocycles. The van der Waals surface area contributed by atoms with E-state index in [1.54, 1.807) is 0 Å². The van der Waals surface area contributed by atoms with Gasteiger partial charge in [-0.3, -0.25) is 9.89 Å². The van der Waals surface area contributed by atoms with E-state index in [1.807, 2.05) is 4.90 Å². The number of benzene rings is 1. The van der Waals surface area contributed by atoms with E-state index in [0.717, 1.165) is 37.2 Å². The summed E-state index contributed by atoms with van der Waals surface area (Å²) < 4.78 is 0. The van der Waals surface area contributed by atoms with E-state index in [-0.39, 0.29) is 28.3 Å². The molecule has 1 fully saturated rings. The Morgan fingerprint density at radius 3 is 2.92 bits per heavy atom. The monoisotopic (exact) mass is 376 g/mol. The molecule has 4 rings (SSSR count). The topological polar surface area (TPSA) is 101 Å². The molecule has 0 radical (unpaired) electrons. The lowest BCUT2D eigenvalue weighted by molar-refractivity contribution is -0.137. The van der Waals surface area contributed by atoms with E-state index in [1.165, 1.54) is 12.1 Å². The number of H-pyrrole nitrogens is 1. The third-order valence-corrected chi connectivity index (χ3v) is 5.51. The Morgan fingerprint density at radius 1 is 1.31 bits per heavy atom. The molecule has 138 valence electrons. The Balaban J connectivity index is 1.62. The minimum Gasteiger partial charge on any atom is -0.507 e. The van der Waals surface area contributed by atoms with Crippen molar-refractivity contribution in [2.75, 3.05) is 19.6 Å². The second kappa shape index (κ2) is 6.81. The fraction of sp³-hybridized carbons (Fsp3) is 0.444. The Bertz CT molecular complexity index is 845. The van der Waals surface area contributed by atoms with E-state index in [2.05, 4.69) is 15.5 Å². The number of nitrogens with zero attached hydrogens (tertiary/aromatic N) is 2. The van der Waals surface area contributed by atoms with Gasteiger partial charge in [0.05, 0.1) is 10.9 Å². The van der Waals surface area contributed by atoms with Crippen molar-refractivity contribution in [3.8, 4) is 22.8 Å². The van der Waals surface area contributed by atoms with Gasteiger partial charge in [-0.1, -0.05) is 11.6 Å². The van der Waals surface area contributed by atoms with Crippen LogP contribution in [-0.4, -0.2) is 50.9 Å². The van der Waals surface area contributed by atoms with Gasteiger partial charge in [0.15, 0.2) is 0 Å². The highest BCUT2D eigenvalue weighted by atomic mass is 35.5. The lowest BCUT2D eigenvalue weighted by atomic mass is 9.95. The zero-order valence-corrected chi connectivity index (χ0v) is 15.0. The number of aromatic amines is 1. The number of aromatic hydroxyl groups is 2. The molecule has 8 heteroatoms.